The molecule has 0 aliphatic carbocycles. The molecule has 0 radical (unpaired) electrons. The fourth-order valence-electron chi connectivity index (χ4n) is 5.48. The average molecular weight is 485 g/mol. The van der Waals surface area contributed by atoms with Crippen LogP contribution in [0.4, 0.5) is 0 Å². The summed E-state index contributed by atoms with van der Waals surface area (Å²) in [5.74, 6) is 0.836. The molecule has 1 amide bonds. The molecule has 0 N–H and O–H groups in total. The van der Waals surface area contributed by atoms with Crippen LogP contribution < -0.4 is 4.74 Å². The summed E-state index contributed by atoms with van der Waals surface area (Å²) in [6.45, 7) is 9.21. The van der Waals surface area contributed by atoms with Gasteiger partial charge in [0.2, 0.25) is 15.9 Å². The molecular weight excluding hydrogens is 448 g/mol. The number of rotatable bonds is 5. The van der Waals surface area contributed by atoms with Gasteiger partial charge in [0.05, 0.1) is 18.0 Å². The monoisotopic (exact) mass is 484 g/mol. The molecule has 2 saturated heterocycles. The Morgan fingerprint density at radius 1 is 0.912 bits per heavy atom. The zero-order valence-corrected chi connectivity index (χ0v) is 21.7. The minimum atomic E-state index is -3.60. The zero-order chi connectivity index (χ0) is 24.6. The standard InChI is InChI=1S/C27H36N2O4S/c1-18-17-19(2)21(4)26(20(18)3)34(31,32)28-15-12-23(13-16-28)27(30)29-14-6-7-25(29)22-8-10-24(33-5)11-9-22/h8-11,17,23,25H,6-7,12-16H2,1-5H3. The normalized spacial score (nSPS) is 20.0. The predicted octanol–water partition coefficient (Wildman–Crippen LogP) is 4.69. The zero-order valence-electron chi connectivity index (χ0n) is 20.9. The summed E-state index contributed by atoms with van der Waals surface area (Å²) in [6.07, 6.45) is 3.07. The smallest absolute Gasteiger partial charge is 0.243 e. The van der Waals surface area contributed by atoms with Crippen molar-refractivity contribution < 1.29 is 17.9 Å². The molecule has 1 atom stereocenters. The van der Waals surface area contributed by atoms with E-state index in [0.717, 1.165) is 53.0 Å². The van der Waals surface area contributed by atoms with Crippen LogP contribution in [-0.4, -0.2) is 50.3 Å². The first-order chi connectivity index (χ1) is 16.1. The minimum Gasteiger partial charge on any atom is -0.497 e. The average Bonchev–Trinajstić information content (AvgIpc) is 3.32. The summed E-state index contributed by atoms with van der Waals surface area (Å²) in [4.78, 5) is 15.9. The van der Waals surface area contributed by atoms with Crippen LogP contribution in [0.2, 0.25) is 0 Å². The highest BCUT2D eigenvalue weighted by atomic mass is 32.2. The highest BCUT2D eigenvalue weighted by Crippen LogP contribution is 2.36. The number of sulfonamides is 1. The second-order valence-corrected chi connectivity index (χ2v) is 11.6. The Morgan fingerprint density at radius 2 is 1.50 bits per heavy atom. The van der Waals surface area contributed by atoms with Crippen molar-refractivity contribution in [2.75, 3.05) is 26.7 Å². The first-order valence-electron chi connectivity index (χ1n) is 12.2. The summed E-state index contributed by atoms with van der Waals surface area (Å²) in [6, 6.07) is 10.1. The first kappa shape index (κ1) is 24.7. The van der Waals surface area contributed by atoms with Crippen molar-refractivity contribution in [1.29, 1.82) is 0 Å². The van der Waals surface area contributed by atoms with E-state index >= 15 is 0 Å². The summed E-state index contributed by atoms with van der Waals surface area (Å²) >= 11 is 0. The van der Waals surface area contributed by atoms with Gasteiger partial charge in [-0.1, -0.05) is 18.2 Å². The molecule has 7 heteroatoms. The number of benzene rings is 2. The van der Waals surface area contributed by atoms with E-state index in [0.29, 0.717) is 30.8 Å². The van der Waals surface area contributed by atoms with E-state index in [1.54, 1.807) is 11.4 Å². The molecule has 0 spiro atoms. The van der Waals surface area contributed by atoms with Gasteiger partial charge in [-0.25, -0.2) is 8.42 Å². The molecule has 2 fully saturated rings. The van der Waals surface area contributed by atoms with Crippen molar-refractivity contribution in [3.63, 3.8) is 0 Å². The molecule has 0 aromatic heterocycles. The van der Waals surface area contributed by atoms with Gasteiger partial charge in [-0.15, -0.1) is 0 Å². The van der Waals surface area contributed by atoms with E-state index in [4.69, 9.17) is 4.74 Å². The van der Waals surface area contributed by atoms with E-state index < -0.39 is 10.0 Å². The number of aryl methyl sites for hydroxylation is 2. The Morgan fingerprint density at radius 3 is 2.06 bits per heavy atom. The SMILES string of the molecule is COc1ccc(C2CCCN2C(=O)C2CCN(S(=O)(=O)c3c(C)c(C)cc(C)c3C)CC2)cc1. The molecule has 2 heterocycles. The fraction of sp³-hybridized carbons (Fsp3) is 0.519. The van der Waals surface area contributed by atoms with Gasteiger partial charge in [0, 0.05) is 25.6 Å². The Labute approximate surface area is 204 Å². The number of carbonyl (C=O) groups is 1. The van der Waals surface area contributed by atoms with Crippen molar-refractivity contribution in [2.45, 2.75) is 64.3 Å². The number of carbonyl (C=O) groups excluding carboxylic acids is 1. The van der Waals surface area contributed by atoms with Crippen molar-refractivity contribution in [2.24, 2.45) is 5.92 Å². The van der Waals surface area contributed by atoms with E-state index in [2.05, 4.69) is 0 Å². The Bertz CT molecular complexity index is 1140. The summed E-state index contributed by atoms with van der Waals surface area (Å²) < 4.78 is 34.0. The largest absolute Gasteiger partial charge is 0.497 e. The molecule has 0 bridgehead atoms. The Kier molecular flexibility index (Phi) is 7.06. The van der Waals surface area contributed by atoms with Crippen molar-refractivity contribution in [3.8, 4) is 5.75 Å². The number of likely N-dealkylation sites (tertiary alicyclic amines) is 1. The predicted molar refractivity (Wildman–Crippen MR) is 134 cm³/mol. The maximum atomic E-state index is 13.6. The highest BCUT2D eigenvalue weighted by molar-refractivity contribution is 7.89. The number of methoxy groups -OCH3 is 1. The van der Waals surface area contributed by atoms with E-state index in [-0.39, 0.29) is 17.9 Å². The summed E-state index contributed by atoms with van der Waals surface area (Å²) in [7, 11) is -1.95. The Balaban J connectivity index is 1.47. The van der Waals surface area contributed by atoms with E-state index in [1.165, 1.54) is 0 Å². The molecule has 0 saturated carbocycles. The van der Waals surface area contributed by atoms with Crippen LogP contribution in [0, 0.1) is 33.6 Å². The van der Waals surface area contributed by atoms with Crippen LogP contribution in [-0.2, 0) is 14.8 Å². The van der Waals surface area contributed by atoms with Gasteiger partial charge in [-0.3, -0.25) is 4.79 Å². The van der Waals surface area contributed by atoms with Gasteiger partial charge in [0.25, 0.3) is 0 Å². The maximum absolute atomic E-state index is 13.6. The fourth-order valence-corrected chi connectivity index (χ4v) is 7.52. The molecule has 2 aliphatic heterocycles. The third-order valence-electron chi connectivity index (χ3n) is 7.73. The molecule has 2 aromatic rings. The second kappa shape index (κ2) is 9.70. The minimum absolute atomic E-state index is 0.0840. The topological polar surface area (TPSA) is 66.9 Å². The van der Waals surface area contributed by atoms with Crippen LogP contribution in [0.5, 0.6) is 5.75 Å². The van der Waals surface area contributed by atoms with Gasteiger partial charge >= 0.3 is 0 Å². The lowest BCUT2D eigenvalue weighted by molar-refractivity contribution is -0.137. The quantitative estimate of drug-likeness (QED) is 0.617. The number of nitrogens with zero attached hydrogens (tertiary/aromatic N) is 2. The maximum Gasteiger partial charge on any atom is 0.243 e. The van der Waals surface area contributed by atoms with Gasteiger partial charge < -0.3 is 9.64 Å². The molecule has 2 aromatic carbocycles. The second-order valence-electron chi connectivity index (χ2n) is 9.73. The molecule has 6 nitrogen and oxygen atoms in total. The first-order valence-corrected chi connectivity index (χ1v) is 13.6. The van der Waals surface area contributed by atoms with Gasteiger partial charge in [-0.05, 0) is 93.3 Å². The summed E-state index contributed by atoms with van der Waals surface area (Å²) in [5, 5.41) is 0. The lowest BCUT2D eigenvalue weighted by Crippen LogP contribution is -2.44. The molecule has 1 unspecified atom stereocenters. The number of piperidine rings is 1. The lowest BCUT2D eigenvalue weighted by atomic mass is 9.95. The van der Waals surface area contributed by atoms with E-state index in [9.17, 15) is 13.2 Å². The van der Waals surface area contributed by atoms with Crippen molar-refractivity contribution >= 4 is 15.9 Å². The van der Waals surface area contributed by atoms with Crippen LogP contribution in [0.15, 0.2) is 35.2 Å². The lowest BCUT2D eigenvalue weighted by Gasteiger charge is -2.35. The van der Waals surface area contributed by atoms with Crippen LogP contribution in [0.3, 0.4) is 0 Å². The van der Waals surface area contributed by atoms with Gasteiger partial charge in [0.15, 0.2) is 0 Å². The van der Waals surface area contributed by atoms with Crippen LogP contribution in [0.1, 0.15) is 59.5 Å². The van der Waals surface area contributed by atoms with E-state index in [1.807, 2.05) is 62.9 Å². The highest BCUT2D eigenvalue weighted by Gasteiger charge is 2.38. The molecule has 4 rings (SSSR count). The van der Waals surface area contributed by atoms with Gasteiger partial charge in [0.1, 0.15) is 5.75 Å². The third-order valence-corrected chi connectivity index (χ3v) is 9.91. The molecule has 2 aliphatic rings. The number of ether oxygens (including phenoxy) is 1. The summed E-state index contributed by atoms with van der Waals surface area (Å²) in [5.41, 5.74) is 4.75. The van der Waals surface area contributed by atoms with Crippen molar-refractivity contribution in [1.82, 2.24) is 9.21 Å². The molecular formula is C27H36N2O4S. The third kappa shape index (κ3) is 4.48. The molecule has 34 heavy (non-hydrogen) atoms. The Hall–Kier alpha value is -2.38. The van der Waals surface area contributed by atoms with Gasteiger partial charge in [-0.2, -0.15) is 4.31 Å². The van der Waals surface area contributed by atoms with Crippen molar-refractivity contribution in [3.05, 3.63) is 58.1 Å². The van der Waals surface area contributed by atoms with Crippen LogP contribution in [0.25, 0.3) is 0 Å². The molecule has 184 valence electrons. The number of hydrogen-bond donors (Lipinski definition) is 0. The number of hydrogen-bond acceptors (Lipinski definition) is 4. The number of amides is 1. The van der Waals surface area contributed by atoms with Crippen LogP contribution >= 0.6 is 0 Å².